The zero-order valence-corrected chi connectivity index (χ0v) is 25.9. The topological polar surface area (TPSA) is 27.1 Å². The van der Waals surface area contributed by atoms with Gasteiger partial charge in [0.05, 0.1) is 17.3 Å². The molecule has 3 nitrogen and oxygen atoms in total. The number of aryl methyl sites for hydroxylation is 1. The Labute approximate surface area is 262 Å². The fourth-order valence-corrected chi connectivity index (χ4v) is 6.69. The Hall–Kier alpha value is -4.93. The van der Waals surface area contributed by atoms with E-state index in [1.807, 2.05) is 12.1 Å². The number of hydrogen-bond donors (Lipinski definition) is 0. The molecule has 0 saturated carbocycles. The van der Waals surface area contributed by atoms with Crippen LogP contribution in [-0.4, -0.2) is 16.7 Å². The number of methoxy groups -OCH3 is 1. The highest BCUT2D eigenvalue weighted by atomic mass is 32.1. The van der Waals surface area contributed by atoms with Crippen LogP contribution >= 0.6 is 11.3 Å². The molecule has 0 radical (unpaired) electrons. The largest absolute Gasteiger partial charge is 0.497 e. The van der Waals surface area contributed by atoms with Gasteiger partial charge in [-0.2, -0.15) is 0 Å². The molecule has 0 aliphatic heterocycles. The van der Waals surface area contributed by atoms with Crippen molar-refractivity contribution in [2.45, 2.75) is 26.3 Å². The van der Waals surface area contributed by atoms with Gasteiger partial charge in [0.1, 0.15) is 10.8 Å². The van der Waals surface area contributed by atoms with Crippen molar-refractivity contribution in [3.63, 3.8) is 0 Å². The molecular weight excluding hydrogens is 557 g/mol. The first-order valence-electron chi connectivity index (χ1n) is 15.2. The summed E-state index contributed by atoms with van der Waals surface area (Å²) in [6, 6.07) is 38.8. The SMILES string of the molecule is CCCCn1c2ccc(/C=C/c3ccc(/C=C/c4ccc(OC)cc4)cc3)cc2c2cc(-c3nc4ccccc4s3)ccc21. The smallest absolute Gasteiger partial charge is 0.124 e. The molecule has 0 aliphatic rings. The first kappa shape index (κ1) is 27.9. The first-order valence-corrected chi connectivity index (χ1v) is 16.0. The van der Waals surface area contributed by atoms with E-state index in [-0.39, 0.29) is 0 Å². The van der Waals surface area contributed by atoms with Crippen LogP contribution in [0.15, 0.2) is 109 Å². The standard InChI is InChI=1S/C40H34N2OS/c1-3-4-25-42-37-23-19-31(16-15-29-11-9-28(10-12-29)13-14-30-17-21-33(43-2)22-18-30)26-34(37)35-27-32(20-24-38(35)42)40-41-36-7-5-6-8-39(36)44-40/h5-24,26-27H,3-4,25H2,1-2H3/b14-13+,16-15+. The highest BCUT2D eigenvalue weighted by Gasteiger charge is 2.14. The van der Waals surface area contributed by atoms with E-state index < -0.39 is 0 Å². The molecule has 0 bridgehead atoms. The van der Waals surface area contributed by atoms with E-state index in [9.17, 15) is 0 Å². The lowest BCUT2D eigenvalue weighted by Gasteiger charge is -2.06. The van der Waals surface area contributed by atoms with Crippen molar-refractivity contribution < 1.29 is 4.74 Å². The number of ether oxygens (including phenoxy) is 1. The molecule has 0 N–H and O–H groups in total. The molecule has 7 aromatic rings. The second-order valence-corrected chi connectivity index (χ2v) is 12.1. The zero-order chi connectivity index (χ0) is 29.9. The predicted molar refractivity (Wildman–Crippen MR) is 190 cm³/mol. The molecular formula is C40H34N2OS. The second-order valence-electron chi connectivity index (χ2n) is 11.1. The van der Waals surface area contributed by atoms with Gasteiger partial charge in [-0.05, 0) is 83.3 Å². The van der Waals surface area contributed by atoms with Gasteiger partial charge in [0.2, 0.25) is 0 Å². The van der Waals surface area contributed by atoms with E-state index in [1.54, 1.807) is 18.4 Å². The Morgan fingerprint density at radius 2 is 1.27 bits per heavy atom. The Balaban J connectivity index is 1.18. The molecule has 0 amide bonds. The van der Waals surface area contributed by atoms with Crippen LogP contribution in [0, 0.1) is 0 Å². The lowest BCUT2D eigenvalue weighted by Crippen LogP contribution is -1.96. The number of rotatable bonds is 9. The highest BCUT2D eigenvalue weighted by molar-refractivity contribution is 7.21. The molecule has 0 spiro atoms. The molecule has 0 saturated heterocycles. The monoisotopic (exact) mass is 590 g/mol. The number of nitrogens with zero attached hydrogens (tertiary/aromatic N) is 2. The van der Waals surface area contributed by atoms with Crippen molar-refractivity contribution in [1.82, 2.24) is 9.55 Å². The van der Waals surface area contributed by atoms with Crippen LogP contribution in [-0.2, 0) is 6.54 Å². The molecule has 44 heavy (non-hydrogen) atoms. The predicted octanol–water partition coefficient (Wildman–Crippen LogP) is 11.2. The number of unbranched alkanes of at least 4 members (excludes halogenated alkanes) is 1. The van der Waals surface area contributed by atoms with E-state index >= 15 is 0 Å². The summed E-state index contributed by atoms with van der Waals surface area (Å²) in [4.78, 5) is 4.94. The van der Waals surface area contributed by atoms with Crippen LogP contribution in [0.5, 0.6) is 5.75 Å². The van der Waals surface area contributed by atoms with Crippen LogP contribution < -0.4 is 4.74 Å². The number of hydrogen-bond acceptors (Lipinski definition) is 3. The number of benzene rings is 5. The van der Waals surface area contributed by atoms with Gasteiger partial charge in [0, 0.05) is 33.9 Å². The van der Waals surface area contributed by atoms with Crippen LogP contribution in [0.2, 0.25) is 0 Å². The maximum Gasteiger partial charge on any atom is 0.124 e. The lowest BCUT2D eigenvalue weighted by molar-refractivity contribution is 0.415. The summed E-state index contributed by atoms with van der Waals surface area (Å²) < 4.78 is 8.96. The summed E-state index contributed by atoms with van der Waals surface area (Å²) in [7, 11) is 1.69. The maximum atomic E-state index is 5.25. The molecule has 0 atom stereocenters. The molecule has 0 fully saturated rings. The van der Waals surface area contributed by atoms with Crippen molar-refractivity contribution >= 4 is 67.7 Å². The molecule has 5 aromatic carbocycles. The van der Waals surface area contributed by atoms with Gasteiger partial charge in [-0.15, -0.1) is 11.3 Å². The normalized spacial score (nSPS) is 12.0. The number of thiazole rings is 1. The highest BCUT2D eigenvalue weighted by Crippen LogP contribution is 2.36. The molecule has 2 aromatic heterocycles. The molecule has 4 heteroatoms. The van der Waals surface area contributed by atoms with Gasteiger partial charge in [0.15, 0.2) is 0 Å². The Kier molecular flexibility index (Phi) is 7.83. The minimum absolute atomic E-state index is 0.869. The van der Waals surface area contributed by atoms with Gasteiger partial charge in [-0.25, -0.2) is 4.98 Å². The quantitative estimate of drug-likeness (QED) is 0.156. The first-order chi connectivity index (χ1) is 21.7. The molecule has 7 rings (SSSR count). The third-order valence-electron chi connectivity index (χ3n) is 8.15. The van der Waals surface area contributed by atoms with Gasteiger partial charge in [-0.3, -0.25) is 0 Å². The average Bonchev–Trinajstić information content (AvgIpc) is 3.65. The van der Waals surface area contributed by atoms with Crippen molar-refractivity contribution in [2.75, 3.05) is 7.11 Å². The fraction of sp³-hybridized carbons (Fsp3) is 0.125. The number of fused-ring (bicyclic) bond motifs is 4. The van der Waals surface area contributed by atoms with E-state index in [0.717, 1.165) is 34.8 Å². The third kappa shape index (κ3) is 5.69. The minimum atomic E-state index is 0.869. The van der Waals surface area contributed by atoms with Crippen LogP contribution in [0.3, 0.4) is 0 Å². The molecule has 2 heterocycles. The van der Waals surface area contributed by atoms with Crippen molar-refractivity contribution in [1.29, 1.82) is 0 Å². The van der Waals surface area contributed by atoms with Crippen molar-refractivity contribution in [3.05, 3.63) is 131 Å². The summed E-state index contributed by atoms with van der Waals surface area (Å²) in [5.74, 6) is 0.869. The number of aromatic nitrogens is 2. The molecule has 216 valence electrons. The molecule has 0 unspecified atom stereocenters. The van der Waals surface area contributed by atoms with Crippen LogP contribution in [0.25, 0.3) is 66.9 Å². The molecule has 0 aliphatic carbocycles. The van der Waals surface area contributed by atoms with Gasteiger partial charge in [0.25, 0.3) is 0 Å². The summed E-state index contributed by atoms with van der Waals surface area (Å²) in [6.07, 6.45) is 11.0. The third-order valence-corrected chi connectivity index (χ3v) is 9.24. The van der Waals surface area contributed by atoms with Crippen LogP contribution in [0.1, 0.15) is 42.0 Å². The van der Waals surface area contributed by atoms with E-state index in [4.69, 9.17) is 9.72 Å². The Morgan fingerprint density at radius 3 is 1.93 bits per heavy atom. The minimum Gasteiger partial charge on any atom is -0.497 e. The lowest BCUT2D eigenvalue weighted by atomic mass is 10.1. The fourth-order valence-electron chi connectivity index (χ4n) is 5.73. The van der Waals surface area contributed by atoms with Crippen molar-refractivity contribution in [3.8, 4) is 16.3 Å². The van der Waals surface area contributed by atoms with E-state index in [0.29, 0.717) is 0 Å². The van der Waals surface area contributed by atoms with Gasteiger partial charge >= 0.3 is 0 Å². The van der Waals surface area contributed by atoms with Crippen molar-refractivity contribution in [2.24, 2.45) is 0 Å². The summed E-state index contributed by atoms with van der Waals surface area (Å²) in [5.41, 5.74) is 9.51. The second kappa shape index (κ2) is 12.4. The van der Waals surface area contributed by atoms with Crippen LogP contribution in [0.4, 0.5) is 0 Å². The van der Waals surface area contributed by atoms with E-state index in [2.05, 4.69) is 133 Å². The maximum absolute atomic E-state index is 5.25. The van der Waals surface area contributed by atoms with Gasteiger partial charge < -0.3 is 9.30 Å². The average molecular weight is 591 g/mol. The number of para-hydroxylation sites is 1. The Bertz CT molecular complexity index is 2100. The van der Waals surface area contributed by atoms with Gasteiger partial charge in [-0.1, -0.05) is 92.2 Å². The zero-order valence-electron chi connectivity index (χ0n) is 25.0. The summed E-state index contributed by atoms with van der Waals surface area (Å²) in [6.45, 7) is 3.27. The summed E-state index contributed by atoms with van der Waals surface area (Å²) >= 11 is 1.76. The van der Waals surface area contributed by atoms with E-state index in [1.165, 1.54) is 55.2 Å². The summed E-state index contributed by atoms with van der Waals surface area (Å²) in [5, 5.41) is 3.65. The Morgan fingerprint density at radius 1 is 0.682 bits per heavy atom.